The lowest BCUT2D eigenvalue weighted by atomic mass is 10.0. The number of alkyl halides is 3. The fraction of sp³-hybridized carbons (Fsp3) is 0.304. The van der Waals surface area contributed by atoms with Crippen molar-refractivity contribution in [3.63, 3.8) is 0 Å². The van der Waals surface area contributed by atoms with Crippen molar-refractivity contribution >= 4 is 22.8 Å². The molecule has 0 aliphatic carbocycles. The Kier molecular flexibility index (Phi) is 6.66. The summed E-state index contributed by atoms with van der Waals surface area (Å²) in [5, 5.41) is 10.1. The third kappa shape index (κ3) is 4.94. The van der Waals surface area contributed by atoms with Crippen molar-refractivity contribution in [2.75, 3.05) is 0 Å². The molecule has 0 fully saturated rings. The van der Waals surface area contributed by atoms with Gasteiger partial charge >= 0.3 is 12.3 Å². The first-order chi connectivity index (χ1) is 15.4. The molecule has 0 radical (unpaired) electrons. The van der Waals surface area contributed by atoms with Gasteiger partial charge in [-0.25, -0.2) is 4.39 Å². The van der Waals surface area contributed by atoms with E-state index in [2.05, 4.69) is 4.74 Å². The number of unbranched alkanes of at least 4 members (excludes halogenated alkanes) is 1. The molecule has 0 amide bonds. The number of hydrogen-bond donors (Lipinski definition) is 1. The van der Waals surface area contributed by atoms with Crippen molar-refractivity contribution in [1.82, 2.24) is 4.57 Å². The number of carbonyl (C=O) groups excluding carboxylic acids is 2. The smallest absolute Gasteiger partial charge is 0.505 e. The summed E-state index contributed by atoms with van der Waals surface area (Å²) >= 11 is 0. The Hall–Kier alpha value is -3.56. The van der Waals surface area contributed by atoms with Gasteiger partial charge in [0.2, 0.25) is 0 Å². The second-order valence-electron chi connectivity index (χ2n) is 7.42. The molecule has 0 aliphatic heterocycles. The lowest BCUT2D eigenvalue weighted by molar-refractivity contribution is -0.274. The van der Waals surface area contributed by atoms with Crippen LogP contribution in [0.2, 0.25) is 0 Å². The highest BCUT2D eigenvalue weighted by Gasteiger charge is 2.31. The van der Waals surface area contributed by atoms with E-state index in [1.165, 1.54) is 13.0 Å². The Morgan fingerprint density at radius 1 is 1.15 bits per heavy atom. The van der Waals surface area contributed by atoms with Gasteiger partial charge in [-0.1, -0.05) is 13.3 Å². The predicted molar refractivity (Wildman–Crippen MR) is 111 cm³/mol. The maximum absolute atomic E-state index is 15.2. The van der Waals surface area contributed by atoms with Crippen LogP contribution in [0.1, 0.15) is 48.3 Å². The quantitative estimate of drug-likeness (QED) is 0.375. The third-order valence-electron chi connectivity index (χ3n) is 5.01. The van der Waals surface area contributed by atoms with E-state index in [4.69, 9.17) is 4.74 Å². The number of esters is 1. The molecule has 3 aromatic rings. The molecule has 0 saturated carbocycles. The van der Waals surface area contributed by atoms with Gasteiger partial charge < -0.3 is 14.6 Å². The fourth-order valence-electron chi connectivity index (χ4n) is 3.55. The molecular formula is C23H21F4NO5. The summed E-state index contributed by atoms with van der Waals surface area (Å²) in [5.74, 6) is -3.81. The van der Waals surface area contributed by atoms with Gasteiger partial charge in [-0.15, -0.1) is 13.2 Å². The van der Waals surface area contributed by atoms with Crippen molar-refractivity contribution in [3.05, 3.63) is 53.0 Å². The number of benzene rings is 2. The van der Waals surface area contributed by atoms with Crippen LogP contribution in [0.5, 0.6) is 17.2 Å². The summed E-state index contributed by atoms with van der Waals surface area (Å²) in [5.41, 5.74) is 0.414. The highest BCUT2D eigenvalue weighted by molar-refractivity contribution is 6.06. The Morgan fingerprint density at radius 3 is 2.33 bits per heavy atom. The number of nitrogens with zero attached hydrogens (tertiary/aromatic N) is 1. The summed E-state index contributed by atoms with van der Waals surface area (Å²) in [6, 6.07) is 5.67. The van der Waals surface area contributed by atoms with Gasteiger partial charge in [0.05, 0.1) is 16.6 Å². The molecule has 0 aliphatic rings. The number of fused-ring (bicyclic) bond motifs is 1. The molecule has 3 rings (SSSR count). The van der Waals surface area contributed by atoms with E-state index < -0.39 is 35.6 Å². The standard InChI is InChI=1S/C23H21F4NO5/c1-4-5-6-15-11-17-18(19(24)20(15)30)21(32-13(3)29)12(2)28(17)22(31)14-7-9-16(10-8-14)33-23(25,26)27/h7-11,30H,4-6H2,1-3H3. The molecule has 1 aromatic heterocycles. The minimum Gasteiger partial charge on any atom is -0.505 e. The summed E-state index contributed by atoms with van der Waals surface area (Å²) in [4.78, 5) is 24.9. The minimum atomic E-state index is -4.88. The molecule has 1 heterocycles. The number of carbonyl (C=O) groups is 2. The van der Waals surface area contributed by atoms with Gasteiger partial charge in [0.15, 0.2) is 17.3 Å². The largest absolute Gasteiger partial charge is 0.573 e. The first kappa shape index (κ1) is 24.1. The number of hydrogen-bond acceptors (Lipinski definition) is 5. The molecule has 33 heavy (non-hydrogen) atoms. The highest BCUT2D eigenvalue weighted by atomic mass is 19.4. The Labute approximate surface area is 186 Å². The van der Waals surface area contributed by atoms with Crippen LogP contribution in [0.4, 0.5) is 17.6 Å². The summed E-state index contributed by atoms with van der Waals surface area (Å²) in [6.45, 7) is 4.46. The maximum atomic E-state index is 15.2. The van der Waals surface area contributed by atoms with Crippen molar-refractivity contribution < 1.29 is 41.7 Å². The van der Waals surface area contributed by atoms with Gasteiger partial charge in [0.25, 0.3) is 5.91 Å². The number of aryl methyl sites for hydroxylation is 1. The molecule has 2 aromatic carbocycles. The molecule has 0 saturated heterocycles. The first-order valence-electron chi connectivity index (χ1n) is 10.1. The Bertz CT molecular complexity index is 1210. The molecule has 0 atom stereocenters. The Balaban J connectivity index is 2.18. The maximum Gasteiger partial charge on any atom is 0.573 e. The van der Waals surface area contributed by atoms with Crippen LogP contribution in [0.25, 0.3) is 10.9 Å². The van der Waals surface area contributed by atoms with Crippen LogP contribution in [0, 0.1) is 12.7 Å². The van der Waals surface area contributed by atoms with Crippen LogP contribution in [-0.4, -0.2) is 27.9 Å². The van der Waals surface area contributed by atoms with Gasteiger partial charge in [0.1, 0.15) is 5.75 Å². The van der Waals surface area contributed by atoms with E-state index in [-0.39, 0.29) is 33.5 Å². The molecule has 0 bridgehead atoms. The van der Waals surface area contributed by atoms with Crippen molar-refractivity contribution in [1.29, 1.82) is 0 Å². The number of ether oxygens (including phenoxy) is 2. The summed E-state index contributed by atoms with van der Waals surface area (Å²) in [6.07, 6.45) is -3.10. The van der Waals surface area contributed by atoms with Crippen LogP contribution in [0.3, 0.4) is 0 Å². The van der Waals surface area contributed by atoms with E-state index in [1.807, 2.05) is 6.92 Å². The summed E-state index contributed by atoms with van der Waals surface area (Å²) < 4.78 is 62.5. The van der Waals surface area contributed by atoms with E-state index >= 15 is 4.39 Å². The van der Waals surface area contributed by atoms with Crippen LogP contribution in [0.15, 0.2) is 30.3 Å². The fourth-order valence-corrected chi connectivity index (χ4v) is 3.55. The molecule has 176 valence electrons. The van der Waals surface area contributed by atoms with E-state index in [1.54, 1.807) is 0 Å². The monoisotopic (exact) mass is 467 g/mol. The second kappa shape index (κ2) is 9.13. The molecule has 0 unspecified atom stereocenters. The zero-order valence-electron chi connectivity index (χ0n) is 18.0. The zero-order valence-corrected chi connectivity index (χ0v) is 18.0. The normalized spacial score (nSPS) is 11.6. The van der Waals surface area contributed by atoms with E-state index in [0.29, 0.717) is 12.8 Å². The van der Waals surface area contributed by atoms with Gasteiger partial charge in [0, 0.05) is 12.5 Å². The van der Waals surface area contributed by atoms with Crippen LogP contribution >= 0.6 is 0 Å². The zero-order chi connectivity index (χ0) is 24.5. The minimum absolute atomic E-state index is 0.0116. The first-order valence-corrected chi connectivity index (χ1v) is 10.1. The lowest BCUT2D eigenvalue weighted by Gasteiger charge is -2.11. The molecule has 0 spiro atoms. The molecule has 10 heteroatoms. The number of aromatic hydroxyl groups is 1. The molecular weight excluding hydrogens is 446 g/mol. The highest BCUT2D eigenvalue weighted by Crippen LogP contribution is 2.40. The average molecular weight is 467 g/mol. The number of halogens is 4. The summed E-state index contributed by atoms with van der Waals surface area (Å²) in [7, 11) is 0. The second-order valence-corrected chi connectivity index (χ2v) is 7.42. The van der Waals surface area contributed by atoms with Crippen LogP contribution < -0.4 is 9.47 Å². The van der Waals surface area contributed by atoms with E-state index in [9.17, 15) is 27.9 Å². The van der Waals surface area contributed by atoms with Crippen molar-refractivity contribution in [2.45, 2.75) is 46.4 Å². The van der Waals surface area contributed by atoms with Gasteiger partial charge in [-0.05, 0) is 55.7 Å². The Morgan fingerprint density at radius 2 is 1.79 bits per heavy atom. The average Bonchev–Trinajstić information content (AvgIpc) is 2.99. The van der Waals surface area contributed by atoms with Crippen LogP contribution in [-0.2, 0) is 11.2 Å². The van der Waals surface area contributed by atoms with Crippen molar-refractivity contribution in [3.8, 4) is 17.2 Å². The number of phenols is 1. The topological polar surface area (TPSA) is 77.8 Å². The van der Waals surface area contributed by atoms with Crippen molar-refractivity contribution in [2.24, 2.45) is 0 Å². The SMILES string of the molecule is CCCCc1cc2c(c(F)c1O)c(OC(C)=O)c(C)n2C(=O)c1ccc(OC(F)(F)F)cc1. The number of phenolic OH excluding ortho intramolecular Hbond substituents is 1. The molecule has 6 nitrogen and oxygen atoms in total. The number of rotatable bonds is 6. The predicted octanol–water partition coefficient (Wildman–Crippen LogP) is 5.65. The van der Waals surface area contributed by atoms with E-state index in [0.717, 1.165) is 42.2 Å². The van der Waals surface area contributed by atoms with Gasteiger partial charge in [-0.2, -0.15) is 0 Å². The molecule has 1 N–H and O–H groups in total. The third-order valence-corrected chi connectivity index (χ3v) is 5.01. The number of aromatic nitrogens is 1. The lowest BCUT2D eigenvalue weighted by Crippen LogP contribution is -2.17. The van der Waals surface area contributed by atoms with Gasteiger partial charge in [-0.3, -0.25) is 14.2 Å².